The monoisotopic (exact) mass is 219 g/mol. The third-order valence-corrected chi connectivity index (χ3v) is 1.97. The summed E-state index contributed by atoms with van der Waals surface area (Å²) >= 11 is 0. The molecule has 84 valence electrons. The Labute approximate surface area is 93.8 Å². The van der Waals surface area contributed by atoms with Gasteiger partial charge in [0.1, 0.15) is 5.75 Å². The molecule has 3 N–H and O–H groups in total. The number of amides is 1. The van der Waals surface area contributed by atoms with Crippen LogP contribution in [0.3, 0.4) is 0 Å². The molecule has 0 unspecified atom stereocenters. The Hall–Kier alpha value is -2.06. The van der Waals surface area contributed by atoms with Gasteiger partial charge in [0.05, 0.1) is 25.5 Å². The number of nitriles is 1. The number of hydrogen-bond donors (Lipinski definition) is 2. The standard InChI is InChI=1S/C11H13N3O2/c12-7-5-9-1-3-10(4-2-9)16-8-6-11(15)14-13/h1-4H,5-6,8,13H2,(H,14,15). The second kappa shape index (κ2) is 6.43. The Morgan fingerprint density at radius 2 is 2.12 bits per heavy atom. The van der Waals surface area contributed by atoms with Gasteiger partial charge in [-0.3, -0.25) is 10.2 Å². The molecule has 0 atom stereocenters. The van der Waals surface area contributed by atoms with Crippen LogP contribution >= 0.6 is 0 Å². The molecule has 5 nitrogen and oxygen atoms in total. The lowest BCUT2D eigenvalue weighted by Crippen LogP contribution is -2.31. The van der Waals surface area contributed by atoms with Crippen LogP contribution in [-0.2, 0) is 11.2 Å². The zero-order chi connectivity index (χ0) is 11.8. The average molecular weight is 219 g/mol. The van der Waals surface area contributed by atoms with Crippen molar-refractivity contribution in [3.05, 3.63) is 29.8 Å². The van der Waals surface area contributed by atoms with Crippen LogP contribution in [0.15, 0.2) is 24.3 Å². The van der Waals surface area contributed by atoms with Crippen molar-refractivity contribution in [1.29, 1.82) is 5.26 Å². The first kappa shape index (κ1) is 12.0. The minimum absolute atomic E-state index is 0.219. The number of ether oxygens (including phenoxy) is 1. The Kier molecular flexibility index (Phi) is 4.83. The first-order chi connectivity index (χ1) is 7.76. The maximum atomic E-state index is 10.8. The van der Waals surface area contributed by atoms with Crippen molar-refractivity contribution in [1.82, 2.24) is 5.43 Å². The first-order valence-electron chi connectivity index (χ1n) is 4.84. The van der Waals surface area contributed by atoms with E-state index in [-0.39, 0.29) is 18.9 Å². The predicted octanol–water partition coefficient (Wildman–Crippen LogP) is 0.511. The molecular weight excluding hydrogens is 206 g/mol. The second-order valence-electron chi connectivity index (χ2n) is 3.14. The molecular formula is C11H13N3O2. The fourth-order valence-corrected chi connectivity index (χ4v) is 1.13. The first-order valence-corrected chi connectivity index (χ1v) is 4.84. The Balaban J connectivity index is 2.38. The topological polar surface area (TPSA) is 88.1 Å². The predicted molar refractivity (Wildman–Crippen MR) is 58.2 cm³/mol. The van der Waals surface area contributed by atoms with E-state index in [0.717, 1.165) is 5.56 Å². The molecule has 0 saturated heterocycles. The van der Waals surface area contributed by atoms with Gasteiger partial charge < -0.3 is 4.74 Å². The largest absolute Gasteiger partial charge is 0.493 e. The maximum absolute atomic E-state index is 10.8. The summed E-state index contributed by atoms with van der Waals surface area (Å²) in [6.45, 7) is 0.278. The molecule has 1 rings (SSSR count). The van der Waals surface area contributed by atoms with Crippen LogP contribution in [-0.4, -0.2) is 12.5 Å². The minimum Gasteiger partial charge on any atom is -0.493 e. The SMILES string of the molecule is N#CCc1ccc(OCCC(=O)NN)cc1. The Bertz CT molecular complexity index is 381. The number of nitrogens with zero attached hydrogens (tertiary/aromatic N) is 1. The second-order valence-corrected chi connectivity index (χ2v) is 3.14. The molecule has 0 heterocycles. The number of hydrazine groups is 1. The number of nitrogens with two attached hydrogens (primary N) is 1. The van der Waals surface area contributed by atoms with Crippen LogP contribution in [0.1, 0.15) is 12.0 Å². The van der Waals surface area contributed by atoms with Crippen LogP contribution in [0.4, 0.5) is 0 Å². The Morgan fingerprint density at radius 3 is 2.69 bits per heavy atom. The number of hydrogen-bond acceptors (Lipinski definition) is 4. The van der Waals surface area contributed by atoms with Crippen molar-refractivity contribution in [3.8, 4) is 11.8 Å². The van der Waals surface area contributed by atoms with Crippen LogP contribution in [0.25, 0.3) is 0 Å². The van der Waals surface area contributed by atoms with Crippen molar-refractivity contribution >= 4 is 5.91 Å². The van der Waals surface area contributed by atoms with Crippen LogP contribution in [0, 0.1) is 11.3 Å². The molecule has 0 spiro atoms. The molecule has 0 aliphatic carbocycles. The van der Waals surface area contributed by atoms with E-state index in [0.29, 0.717) is 12.2 Å². The lowest BCUT2D eigenvalue weighted by atomic mass is 10.2. The highest BCUT2D eigenvalue weighted by molar-refractivity contribution is 5.75. The molecule has 1 aromatic rings. The lowest BCUT2D eigenvalue weighted by molar-refractivity contribution is -0.121. The molecule has 0 fully saturated rings. The molecule has 0 saturated carbocycles. The van der Waals surface area contributed by atoms with Crippen molar-refractivity contribution in [3.63, 3.8) is 0 Å². The molecule has 0 aliphatic rings. The van der Waals surface area contributed by atoms with Crippen molar-refractivity contribution < 1.29 is 9.53 Å². The summed E-state index contributed by atoms with van der Waals surface area (Å²) < 4.78 is 5.31. The smallest absolute Gasteiger partial charge is 0.237 e. The van der Waals surface area contributed by atoms with Gasteiger partial charge in [-0.25, -0.2) is 5.84 Å². The van der Waals surface area contributed by atoms with E-state index < -0.39 is 0 Å². The fraction of sp³-hybridized carbons (Fsp3) is 0.273. The molecule has 0 radical (unpaired) electrons. The summed E-state index contributed by atoms with van der Waals surface area (Å²) in [5.74, 6) is 5.33. The highest BCUT2D eigenvalue weighted by Crippen LogP contribution is 2.12. The quantitative estimate of drug-likeness (QED) is 0.429. The van der Waals surface area contributed by atoms with Crippen LogP contribution in [0.5, 0.6) is 5.75 Å². The number of carbonyl (C=O) groups is 1. The van der Waals surface area contributed by atoms with Crippen molar-refractivity contribution in [2.75, 3.05) is 6.61 Å². The van der Waals surface area contributed by atoms with E-state index in [9.17, 15) is 4.79 Å². The molecule has 1 amide bonds. The fourth-order valence-electron chi connectivity index (χ4n) is 1.13. The van der Waals surface area contributed by atoms with Gasteiger partial charge in [0.2, 0.25) is 5.91 Å². The molecule has 0 aliphatic heterocycles. The number of benzene rings is 1. The van der Waals surface area contributed by atoms with Gasteiger partial charge in [0, 0.05) is 0 Å². The summed E-state index contributed by atoms with van der Waals surface area (Å²) in [6, 6.07) is 9.25. The van der Waals surface area contributed by atoms with E-state index >= 15 is 0 Å². The molecule has 1 aromatic carbocycles. The summed E-state index contributed by atoms with van der Waals surface area (Å²) in [5.41, 5.74) is 2.96. The van der Waals surface area contributed by atoms with E-state index in [4.69, 9.17) is 15.8 Å². The minimum atomic E-state index is -0.263. The van der Waals surface area contributed by atoms with Gasteiger partial charge in [-0.15, -0.1) is 0 Å². The number of rotatable bonds is 5. The Morgan fingerprint density at radius 1 is 1.44 bits per heavy atom. The zero-order valence-corrected chi connectivity index (χ0v) is 8.77. The summed E-state index contributed by atoms with van der Waals surface area (Å²) in [4.78, 5) is 10.8. The molecule has 0 aromatic heterocycles. The summed E-state index contributed by atoms with van der Waals surface area (Å²) in [7, 11) is 0. The zero-order valence-electron chi connectivity index (χ0n) is 8.77. The van der Waals surface area contributed by atoms with Crippen LogP contribution in [0.2, 0.25) is 0 Å². The van der Waals surface area contributed by atoms with Gasteiger partial charge in [-0.05, 0) is 17.7 Å². The lowest BCUT2D eigenvalue weighted by Gasteiger charge is -2.05. The van der Waals surface area contributed by atoms with E-state index in [1.807, 2.05) is 17.6 Å². The highest BCUT2D eigenvalue weighted by Gasteiger charge is 1.99. The number of carbonyl (C=O) groups excluding carboxylic acids is 1. The summed E-state index contributed by atoms with van der Waals surface area (Å²) in [5, 5.41) is 8.48. The third kappa shape index (κ3) is 3.98. The van der Waals surface area contributed by atoms with E-state index in [2.05, 4.69) is 6.07 Å². The van der Waals surface area contributed by atoms with Crippen molar-refractivity contribution in [2.45, 2.75) is 12.8 Å². The van der Waals surface area contributed by atoms with Gasteiger partial charge >= 0.3 is 0 Å². The van der Waals surface area contributed by atoms with Crippen molar-refractivity contribution in [2.24, 2.45) is 5.84 Å². The van der Waals surface area contributed by atoms with E-state index in [1.165, 1.54) is 0 Å². The van der Waals surface area contributed by atoms with Crippen LogP contribution < -0.4 is 16.0 Å². The molecule has 16 heavy (non-hydrogen) atoms. The highest BCUT2D eigenvalue weighted by atomic mass is 16.5. The summed E-state index contributed by atoms with van der Waals surface area (Å²) in [6.07, 6.45) is 0.603. The van der Waals surface area contributed by atoms with E-state index in [1.54, 1.807) is 12.1 Å². The van der Waals surface area contributed by atoms with Gasteiger partial charge in [-0.1, -0.05) is 12.1 Å². The van der Waals surface area contributed by atoms with Gasteiger partial charge in [-0.2, -0.15) is 5.26 Å². The molecule has 5 heteroatoms. The normalized spacial score (nSPS) is 9.25. The molecule has 0 bridgehead atoms. The third-order valence-electron chi connectivity index (χ3n) is 1.97. The van der Waals surface area contributed by atoms with Gasteiger partial charge in [0.15, 0.2) is 0 Å². The maximum Gasteiger partial charge on any atom is 0.237 e. The van der Waals surface area contributed by atoms with Gasteiger partial charge in [0.25, 0.3) is 0 Å². The number of nitrogens with one attached hydrogen (secondary N) is 1. The average Bonchev–Trinajstić information content (AvgIpc) is 2.31.